The minimum absolute atomic E-state index is 0.0404. The zero-order chi connectivity index (χ0) is 21.4. The van der Waals surface area contributed by atoms with Crippen molar-refractivity contribution in [2.45, 2.75) is 6.17 Å². The maximum atomic E-state index is 13.4. The SMILES string of the molecule is O=C1c2ccccc2N[C@H](c2ccc(-c3ccccc3[N+](=O)[O-])o2)N1c1ccccc1. The van der Waals surface area contributed by atoms with Crippen LogP contribution in [0.1, 0.15) is 22.3 Å². The van der Waals surface area contributed by atoms with E-state index in [-0.39, 0.29) is 11.6 Å². The van der Waals surface area contributed by atoms with Crippen LogP contribution in [0.25, 0.3) is 11.3 Å². The predicted octanol–water partition coefficient (Wildman–Crippen LogP) is 5.63. The quantitative estimate of drug-likeness (QED) is 0.347. The van der Waals surface area contributed by atoms with Crippen molar-refractivity contribution in [3.63, 3.8) is 0 Å². The number of rotatable bonds is 4. The summed E-state index contributed by atoms with van der Waals surface area (Å²) >= 11 is 0. The van der Waals surface area contributed by atoms with Crippen molar-refractivity contribution in [1.29, 1.82) is 0 Å². The van der Waals surface area contributed by atoms with Crippen molar-refractivity contribution in [1.82, 2.24) is 0 Å². The van der Waals surface area contributed by atoms with Crippen LogP contribution in [0.3, 0.4) is 0 Å². The van der Waals surface area contributed by atoms with Gasteiger partial charge in [0.25, 0.3) is 11.6 Å². The molecule has 5 rings (SSSR count). The molecule has 7 nitrogen and oxygen atoms in total. The number of nitro groups is 1. The van der Waals surface area contributed by atoms with E-state index in [0.717, 1.165) is 0 Å². The van der Waals surface area contributed by atoms with Gasteiger partial charge < -0.3 is 9.73 Å². The van der Waals surface area contributed by atoms with Crippen LogP contribution < -0.4 is 10.2 Å². The Hall–Kier alpha value is -4.39. The normalized spacial score (nSPS) is 15.3. The number of furan rings is 1. The largest absolute Gasteiger partial charge is 0.457 e. The molecule has 0 aliphatic carbocycles. The van der Waals surface area contributed by atoms with Crippen LogP contribution in [0.15, 0.2) is 95.4 Å². The van der Waals surface area contributed by atoms with Gasteiger partial charge in [0.2, 0.25) is 0 Å². The predicted molar refractivity (Wildman–Crippen MR) is 117 cm³/mol. The smallest absolute Gasteiger partial charge is 0.280 e. The van der Waals surface area contributed by atoms with Gasteiger partial charge in [0.1, 0.15) is 11.5 Å². The molecule has 0 saturated carbocycles. The minimum atomic E-state index is -0.610. The third-order valence-corrected chi connectivity index (χ3v) is 5.22. The first-order valence-electron chi connectivity index (χ1n) is 9.71. The molecule has 1 N–H and O–H groups in total. The monoisotopic (exact) mass is 411 g/mol. The third kappa shape index (κ3) is 3.22. The Morgan fingerprint density at radius 2 is 1.52 bits per heavy atom. The van der Waals surface area contributed by atoms with E-state index in [9.17, 15) is 14.9 Å². The lowest BCUT2D eigenvalue weighted by molar-refractivity contribution is -0.384. The average molecular weight is 411 g/mol. The fraction of sp³-hybridized carbons (Fsp3) is 0.0417. The molecule has 3 aromatic carbocycles. The zero-order valence-corrected chi connectivity index (χ0v) is 16.3. The molecule has 1 aliphatic heterocycles. The van der Waals surface area contributed by atoms with Crippen LogP contribution in [0, 0.1) is 10.1 Å². The second-order valence-electron chi connectivity index (χ2n) is 7.08. The maximum Gasteiger partial charge on any atom is 0.280 e. The summed E-state index contributed by atoms with van der Waals surface area (Å²) in [6.07, 6.45) is -0.610. The molecular formula is C24H17N3O4. The van der Waals surface area contributed by atoms with Gasteiger partial charge >= 0.3 is 0 Å². The summed E-state index contributed by atoms with van der Waals surface area (Å²) in [4.78, 5) is 26.0. The van der Waals surface area contributed by atoms with Crippen molar-refractivity contribution in [3.8, 4) is 11.3 Å². The van der Waals surface area contributed by atoms with Gasteiger partial charge in [-0.3, -0.25) is 19.8 Å². The lowest BCUT2D eigenvalue weighted by Gasteiger charge is -2.36. The fourth-order valence-electron chi connectivity index (χ4n) is 3.79. The first-order chi connectivity index (χ1) is 15.1. The van der Waals surface area contributed by atoms with Crippen LogP contribution in [0.4, 0.5) is 17.1 Å². The minimum Gasteiger partial charge on any atom is -0.457 e. The number of nitrogens with one attached hydrogen (secondary N) is 1. The molecule has 152 valence electrons. The van der Waals surface area contributed by atoms with Gasteiger partial charge in [-0.05, 0) is 42.5 Å². The summed E-state index contributed by atoms with van der Waals surface area (Å²) in [6, 6.07) is 26.4. The molecule has 0 spiro atoms. The van der Waals surface area contributed by atoms with Gasteiger partial charge in [-0.25, -0.2) is 0 Å². The number of carbonyl (C=O) groups excluding carboxylic acids is 1. The molecule has 0 fully saturated rings. The first-order valence-corrected chi connectivity index (χ1v) is 9.71. The molecular weight excluding hydrogens is 394 g/mol. The van der Waals surface area contributed by atoms with E-state index in [4.69, 9.17) is 4.42 Å². The number of para-hydroxylation sites is 3. The van der Waals surface area contributed by atoms with Gasteiger partial charge in [0.15, 0.2) is 6.17 Å². The van der Waals surface area contributed by atoms with Gasteiger partial charge in [-0.1, -0.05) is 42.5 Å². The molecule has 1 amide bonds. The summed E-state index contributed by atoms with van der Waals surface area (Å²) in [7, 11) is 0. The number of hydrogen-bond acceptors (Lipinski definition) is 5. The lowest BCUT2D eigenvalue weighted by Crippen LogP contribution is -2.43. The summed E-state index contributed by atoms with van der Waals surface area (Å²) in [5.74, 6) is 0.678. The van der Waals surface area contributed by atoms with E-state index in [1.807, 2.05) is 48.5 Å². The molecule has 4 aromatic rings. The van der Waals surface area contributed by atoms with E-state index < -0.39 is 11.1 Å². The highest BCUT2D eigenvalue weighted by atomic mass is 16.6. The molecule has 2 heterocycles. The Labute approximate surface area is 177 Å². The summed E-state index contributed by atoms with van der Waals surface area (Å²) in [5.41, 5.74) is 2.32. The number of nitrogens with zero attached hydrogens (tertiary/aromatic N) is 2. The molecule has 31 heavy (non-hydrogen) atoms. The van der Waals surface area contributed by atoms with Crippen molar-refractivity contribution in [2.75, 3.05) is 10.2 Å². The highest BCUT2D eigenvalue weighted by Gasteiger charge is 2.36. The highest BCUT2D eigenvalue weighted by Crippen LogP contribution is 2.39. The number of benzene rings is 3. The van der Waals surface area contributed by atoms with E-state index in [2.05, 4.69) is 5.32 Å². The van der Waals surface area contributed by atoms with Gasteiger partial charge in [-0.15, -0.1) is 0 Å². The number of carbonyl (C=O) groups is 1. The number of fused-ring (bicyclic) bond motifs is 1. The Balaban J connectivity index is 1.61. The average Bonchev–Trinajstić information content (AvgIpc) is 3.29. The fourth-order valence-corrected chi connectivity index (χ4v) is 3.79. The van der Waals surface area contributed by atoms with Crippen LogP contribution in [0.5, 0.6) is 0 Å². The topological polar surface area (TPSA) is 88.6 Å². The molecule has 1 aromatic heterocycles. The second kappa shape index (κ2) is 7.46. The molecule has 0 bridgehead atoms. The summed E-state index contributed by atoms with van der Waals surface area (Å²) in [5, 5.41) is 14.8. The van der Waals surface area contributed by atoms with E-state index in [1.165, 1.54) is 6.07 Å². The van der Waals surface area contributed by atoms with Crippen LogP contribution in [-0.2, 0) is 0 Å². The van der Waals surface area contributed by atoms with Crippen molar-refractivity contribution >= 4 is 23.0 Å². The van der Waals surface area contributed by atoms with Crippen molar-refractivity contribution in [3.05, 3.63) is 112 Å². The molecule has 1 atom stereocenters. The Morgan fingerprint density at radius 1 is 0.839 bits per heavy atom. The highest BCUT2D eigenvalue weighted by molar-refractivity contribution is 6.12. The number of anilines is 2. The number of amides is 1. The van der Waals surface area contributed by atoms with Gasteiger partial charge in [0, 0.05) is 17.4 Å². The number of hydrogen-bond donors (Lipinski definition) is 1. The van der Waals surface area contributed by atoms with Crippen molar-refractivity contribution < 1.29 is 14.1 Å². The van der Waals surface area contributed by atoms with E-state index >= 15 is 0 Å². The summed E-state index contributed by atoms with van der Waals surface area (Å²) < 4.78 is 6.05. The Bertz CT molecular complexity index is 1280. The molecule has 0 saturated heterocycles. The van der Waals surface area contributed by atoms with E-state index in [0.29, 0.717) is 34.0 Å². The van der Waals surface area contributed by atoms with Gasteiger partial charge in [0.05, 0.1) is 16.1 Å². The van der Waals surface area contributed by atoms with Gasteiger partial charge in [-0.2, -0.15) is 0 Å². The Kier molecular flexibility index (Phi) is 4.48. The molecule has 0 unspecified atom stereocenters. The second-order valence-corrected chi connectivity index (χ2v) is 7.08. The maximum absolute atomic E-state index is 13.4. The van der Waals surface area contributed by atoms with Crippen molar-refractivity contribution in [2.24, 2.45) is 0 Å². The van der Waals surface area contributed by atoms with E-state index in [1.54, 1.807) is 41.3 Å². The summed E-state index contributed by atoms with van der Waals surface area (Å²) in [6.45, 7) is 0. The molecule has 0 radical (unpaired) electrons. The third-order valence-electron chi connectivity index (χ3n) is 5.22. The Morgan fingerprint density at radius 3 is 2.29 bits per heavy atom. The molecule has 7 heteroatoms. The molecule has 1 aliphatic rings. The van der Waals surface area contributed by atoms with Crippen LogP contribution in [-0.4, -0.2) is 10.8 Å². The standard InChI is InChI=1S/C24H17N3O4/c28-24-17-10-4-6-12-19(17)25-23(26(24)16-8-2-1-3-9-16)22-15-14-21(31-22)18-11-5-7-13-20(18)27(29)30/h1-15,23,25H/t23-/m0/s1. The number of nitro benzene ring substituents is 1. The van der Waals surface area contributed by atoms with Crippen LogP contribution >= 0.6 is 0 Å². The zero-order valence-electron chi connectivity index (χ0n) is 16.3. The van der Waals surface area contributed by atoms with Crippen LogP contribution in [0.2, 0.25) is 0 Å². The first kappa shape index (κ1) is 18.6. The lowest BCUT2D eigenvalue weighted by atomic mass is 10.1.